The minimum Gasteiger partial charge on any atom is -0.351 e. The van der Waals surface area contributed by atoms with Crippen LogP contribution in [0.4, 0.5) is 16.2 Å². The Morgan fingerprint density at radius 2 is 1.89 bits per heavy atom. The maximum Gasteiger partial charge on any atom is 0.316 e. The smallest absolute Gasteiger partial charge is 0.316 e. The predicted molar refractivity (Wildman–Crippen MR) is 71.4 cm³/mol. The van der Waals surface area contributed by atoms with Gasteiger partial charge in [-0.05, 0) is 25.2 Å². The van der Waals surface area contributed by atoms with Crippen LogP contribution in [0.1, 0.15) is 6.92 Å². The van der Waals surface area contributed by atoms with E-state index in [1.165, 1.54) is 0 Å². The molecule has 0 bridgehead atoms. The van der Waals surface area contributed by atoms with Crippen LogP contribution in [0.15, 0.2) is 24.3 Å². The van der Waals surface area contributed by atoms with E-state index in [0.29, 0.717) is 17.9 Å². The summed E-state index contributed by atoms with van der Waals surface area (Å²) in [5, 5.41) is 8.15. The van der Waals surface area contributed by atoms with Crippen LogP contribution < -0.4 is 21.7 Å². The van der Waals surface area contributed by atoms with Crippen molar-refractivity contribution in [2.24, 2.45) is 11.7 Å². The maximum absolute atomic E-state index is 11.8. The number of hydrogen-bond donors (Lipinski definition) is 4. The van der Waals surface area contributed by atoms with Gasteiger partial charge in [-0.15, -0.1) is 0 Å². The third kappa shape index (κ3) is 4.42. The first-order valence-electron chi connectivity index (χ1n) is 5.65. The summed E-state index contributed by atoms with van der Waals surface area (Å²) in [7, 11) is 1.79. The molecule has 0 spiro atoms. The van der Waals surface area contributed by atoms with Crippen molar-refractivity contribution < 1.29 is 9.59 Å². The molecule has 98 valence electrons. The maximum atomic E-state index is 11.8. The molecule has 0 saturated carbocycles. The average Bonchev–Trinajstić information content (AvgIpc) is 2.28. The fourth-order valence-electron chi connectivity index (χ4n) is 1.48. The van der Waals surface area contributed by atoms with E-state index in [1.807, 2.05) is 6.92 Å². The first kappa shape index (κ1) is 14.0. The highest BCUT2D eigenvalue weighted by Crippen LogP contribution is 2.15. The van der Waals surface area contributed by atoms with Gasteiger partial charge < -0.3 is 21.7 Å². The van der Waals surface area contributed by atoms with Gasteiger partial charge in [0.05, 0.1) is 0 Å². The van der Waals surface area contributed by atoms with Gasteiger partial charge in [0.15, 0.2) is 0 Å². The average molecular weight is 250 g/mol. The Balaban J connectivity index is 2.67. The quantitative estimate of drug-likeness (QED) is 0.627. The van der Waals surface area contributed by atoms with Crippen molar-refractivity contribution in [1.82, 2.24) is 5.32 Å². The molecule has 3 amide bonds. The number of primary amides is 1. The molecule has 0 fully saturated rings. The van der Waals surface area contributed by atoms with Crippen molar-refractivity contribution in [3.05, 3.63) is 24.3 Å². The van der Waals surface area contributed by atoms with E-state index in [4.69, 9.17) is 5.73 Å². The molecule has 5 N–H and O–H groups in total. The molecule has 6 nitrogen and oxygen atoms in total. The SMILES string of the molecule is CNCC(C)C(=O)Nc1cccc(NC(N)=O)c1. The zero-order chi connectivity index (χ0) is 13.5. The Morgan fingerprint density at radius 1 is 1.28 bits per heavy atom. The number of nitrogens with one attached hydrogen (secondary N) is 3. The number of anilines is 2. The van der Waals surface area contributed by atoms with Crippen LogP contribution in [0.25, 0.3) is 0 Å². The number of urea groups is 1. The van der Waals surface area contributed by atoms with Crippen molar-refractivity contribution in [1.29, 1.82) is 0 Å². The van der Waals surface area contributed by atoms with Gasteiger partial charge in [-0.2, -0.15) is 0 Å². The molecule has 1 atom stereocenters. The lowest BCUT2D eigenvalue weighted by atomic mass is 10.1. The lowest BCUT2D eigenvalue weighted by Crippen LogP contribution is -2.28. The van der Waals surface area contributed by atoms with E-state index < -0.39 is 6.03 Å². The molecule has 1 aromatic carbocycles. The second kappa shape index (κ2) is 6.61. The molecule has 1 rings (SSSR count). The van der Waals surface area contributed by atoms with Gasteiger partial charge in [-0.1, -0.05) is 13.0 Å². The van der Waals surface area contributed by atoms with Gasteiger partial charge in [0.2, 0.25) is 5.91 Å². The van der Waals surface area contributed by atoms with Crippen LogP contribution in [0, 0.1) is 5.92 Å². The molecule has 0 aliphatic heterocycles. The summed E-state index contributed by atoms with van der Waals surface area (Å²) >= 11 is 0. The molecular weight excluding hydrogens is 232 g/mol. The standard InChI is InChI=1S/C12H18N4O2/c1-8(7-14-2)11(17)15-9-4-3-5-10(6-9)16-12(13)18/h3-6,8,14H,7H2,1-2H3,(H,15,17)(H3,13,16,18). The van der Waals surface area contributed by atoms with E-state index in [2.05, 4.69) is 16.0 Å². The molecule has 0 aliphatic rings. The van der Waals surface area contributed by atoms with E-state index >= 15 is 0 Å². The van der Waals surface area contributed by atoms with Crippen molar-refractivity contribution in [2.45, 2.75) is 6.92 Å². The minimum absolute atomic E-state index is 0.0828. The van der Waals surface area contributed by atoms with Gasteiger partial charge in [-0.3, -0.25) is 4.79 Å². The summed E-state index contributed by atoms with van der Waals surface area (Å²) in [5.74, 6) is -0.219. The largest absolute Gasteiger partial charge is 0.351 e. The van der Waals surface area contributed by atoms with Crippen LogP contribution >= 0.6 is 0 Å². The predicted octanol–water partition coefficient (Wildman–Crippen LogP) is 0.971. The first-order chi connectivity index (χ1) is 8.52. The molecule has 0 aromatic heterocycles. The van der Waals surface area contributed by atoms with E-state index in [-0.39, 0.29) is 11.8 Å². The monoisotopic (exact) mass is 250 g/mol. The van der Waals surface area contributed by atoms with E-state index in [0.717, 1.165) is 0 Å². The van der Waals surface area contributed by atoms with Gasteiger partial charge >= 0.3 is 6.03 Å². The van der Waals surface area contributed by atoms with Crippen molar-refractivity contribution in [2.75, 3.05) is 24.2 Å². The lowest BCUT2D eigenvalue weighted by molar-refractivity contribution is -0.119. The summed E-state index contributed by atoms with van der Waals surface area (Å²) in [6, 6.07) is 6.17. The van der Waals surface area contributed by atoms with Crippen molar-refractivity contribution in [3.8, 4) is 0 Å². The Morgan fingerprint density at radius 3 is 2.44 bits per heavy atom. The third-order valence-electron chi connectivity index (χ3n) is 2.36. The number of nitrogens with two attached hydrogens (primary N) is 1. The van der Waals surface area contributed by atoms with Crippen LogP contribution in [-0.2, 0) is 4.79 Å². The highest BCUT2D eigenvalue weighted by Gasteiger charge is 2.11. The third-order valence-corrected chi connectivity index (χ3v) is 2.36. The number of carbonyl (C=O) groups excluding carboxylic acids is 2. The van der Waals surface area contributed by atoms with Crippen LogP contribution in [0.3, 0.4) is 0 Å². The Hall–Kier alpha value is -2.08. The molecule has 0 radical (unpaired) electrons. The van der Waals surface area contributed by atoms with Gasteiger partial charge in [0, 0.05) is 23.8 Å². The summed E-state index contributed by atoms with van der Waals surface area (Å²) < 4.78 is 0. The normalized spacial score (nSPS) is 11.7. The molecule has 0 heterocycles. The van der Waals surface area contributed by atoms with Gasteiger partial charge in [0.25, 0.3) is 0 Å². The van der Waals surface area contributed by atoms with Crippen molar-refractivity contribution >= 4 is 23.3 Å². The van der Waals surface area contributed by atoms with E-state index in [1.54, 1.807) is 31.3 Å². The summed E-state index contributed by atoms with van der Waals surface area (Å²) in [5.41, 5.74) is 6.18. The molecule has 6 heteroatoms. The van der Waals surface area contributed by atoms with Crippen LogP contribution in [0.5, 0.6) is 0 Å². The van der Waals surface area contributed by atoms with Gasteiger partial charge in [-0.25, -0.2) is 4.79 Å². The summed E-state index contributed by atoms with van der Waals surface area (Å²) in [6.07, 6.45) is 0. The Kier molecular flexibility index (Phi) is 5.13. The van der Waals surface area contributed by atoms with Crippen molar-refractivity contribution in [3.63, 3.8) is 0 Å². The fourth-order valence-corrected chi connectivity index (χ4v) is 1.48. The lowest BCUT2D eigenvalue weighted by Gasteiger charge is -2.12. The molecule has 1 unspecified atom stereocenters. The van der Waals surface area contributed by atoms with Crippen LogP contribution in [-0.4, -0.2) is 25.5 Å². The highest BCUT2D eigenvalue weighted by atomic mass is 16.2. The zero-order valence-corrected chi connectivity index (χ0v) is 10.5. The second-order valence-corrected chi connectivity index (χ2v) is 4.02. The second-order valence-electron chi connectivity index (χ2n) is 4.02. The molecule has 0 saturated heterocycles. The minimum atomic E-state index is -0.637. The molecule has 18 heavy (non-hydrogen) atoms. The number of hydrogen-bond acceptors (Lipinski definition) is 3. The molecule has 0 aliphatic carbocycles. The number of carbonyl (C=O) groups is 2. The number of benzene rings is 1. The topological polar surface area (TPSA) is 96.2 Å². The Labute approximate surface area is 106 Å². The Bertz CT molecular complexity index is 434. The highest BCUT2D eigenvalue weighted by molar-refractivity contribution is 5.94. The summed E-state index contributed by atoms with van der Waals surface area (Å²) in [4.78, 5) is 22.5. The zero-order valence-electron chi connectivity index (χ0n) is 10.5. The molecule has 1 aromatic rings. The summed E-state index contributed by atoms with van der Waals surface area (Å²) in [6.45, 7) is 2.43. The fraction of sp³-hybridized carbons (Fsp3) is 0.333. The van der Waals surface area contributed by atoms with E-state index in [9.17, 15) is 9.59 Å². The number of rotatable bonds is 5. The number of amides is 3. The van der Waals surface area contributed by atoms with Gasteiger partial charge in [0.1, 0.15) is 0 Å². The van der Waals surface area contributed by atoms with Crippen LogP contribution in [0.2, 0.25) is 0 Å². The first-order valence-corrected chi connectivity index (χ1v) is 5.65. The molecular formula is C12H18N4O2.